The molecule has 2 heterocycles. The van der Waals surface area contributed by atoms with Crippen molar-refractivity contribution in [2.75, 3.05) is 5.32 Å². The number of anilines is 1. The molecular weight excluding hydrogens is 350 g/mol. The summed E-state index contributed by atoms with van der Waals surface area (Å²) in [5.41, 5.74) is 2.82. The van der Waals surface area contributed by atoms with Crippen LogP contribution in [-0.2, 0) is 4.79 Å². The number of H-pyrrole nitrogens is 1. The molecule has 0 spiro atoms. The highest BCUT2D eigenvalue weighted by molar-refractivity contribution is 6.30. The lowest BCUT2D eigenvalue weighted by Crippen LogP contribution is -2.20. The molecule has 1 fully saturated rings. The molecule has 0 bridgehead atoms. The van der Waals surface area contributed by atoms with Gasteiger partial charge in [-0.25, -0.2) is 4.68 Å². The second-order valence-corrected chi connectivity index (χ2v) is 7.07. The minimum Gasteiger partial charge on any atom is -0.309 e. The summed E-state index contributed by atoms with van der Waals surface area (Å²) in [6, 6.07) is 9.38. The third-order valence-corrected chi connectivity index (χ3v) is 4.90. The van der Waals surface area contributed by atoms with E-state index in [1.54, 1.807) is 10.9 Å². The Morgan fingerprint density at radius 2 is 2.27 bits per heavy atom. The fourth-order valence-corrected chi connectivity index (χ4v) is 3.25. The number of hydrogen-bond acceptors (Lipinski definition) is 3. The molecule has 3 aromatic rings. The predicted molar refractivity (Wildman–Crippen MR) is 101 cm³/mol. The van der Waals surface area contributed by atoms with Gasteiger partial charge in [0.15, 0.2) is 5.82 Å². The van der Waals surface area contributed by atoms with Gasteiger partial charge in [0.05, 0.1) is 17.8 Å². The zero-order valence-electron chi connectivity index (χ0n) is 14.4. The lowest BCUT2D eigenvalue weighted by Gasteiger charge is -2.11. The summed E-state index contributed by atoms with van der Waals surface area (Å²) < 4.78 is 1.73. The monoisotopic (exact) mass is 369 g/mol. The molecule has 1 atom stereocenters. The van der Waals surface area contributed by atoms with E-state index in [4.69, 9.17) is 11.6 Å². The van der Waals surface area contributed by atoms with Crippen molar-refractivity contribution in [3.63, 3.8) is 0 Å². The van der Waals surface area contributed by atoms with Crippen LogP contribution in [0, 0.1) is 0 Å². The number of hydrogen-bond donors (Lipinski definition) is 2. The molecule has 1 saturated carbocycles. The highest BCUT2D eigenvalue weighted by Crippen LogP contribution is 2.39. The molecular formula is C19H20ClN5O. The molecule has 1 amide bonds. The molecule has 2 aromatic heterocycles. The van der Waals surface area contributed by atoms with Gasteiger partial charge < -0.3 is 5.32 Å². The van der Waals surface area contributed by atoms with E-state index in [1.165, 1.54) is 12.8 Å². The van der Waals surface area contributed by atoms with Gasteiger partial charge in [-0.3, -0.25) is 9.89 Å². The summed E-state index contributed by atoms with van der Waals surface area (Å²) in [6.45, 7) is 1.99. The number of rotatable bonds is 6. The Bertz CT molecular complexity index is 927. The summed E-state index contributed by atoms with van der Waals surface area (Å²) in [7, 11) is 0. The number of aromatic nitrogens is 4. The molecule has 1 aliphatic carbocycles. The zero-order valence-corrected chi connectivity index (χ0v) is 15.2. The second kappa shape index (κ2) is 6.96. The second-order valence-electron chi connectivity index (χ2n) is 6.63. The highest BCUT2D eigenvalue weighted by atomic mass is 35.5. The first kappa shape index (κ1) is 16.8. The van der Waals surface area contributed by atoms with Gasteiger partial charge in [0.25, 0.3) is 0 Å². The van der Waals surface area contributed by atoms with Crippen molar-refractivity contribution in [3.8, 4) is 5.69 Å². The van der Waals surface area contributed by atoms with E-state index < -0.39 is 0 Å². The molecule has 1 aliphatic rings. The van der Waals surface area contributed by atoms with Crippen LogP contribution in [0.2, 0.25) is 5.02 Å². The first-order chi connectivity index (χ1) is 12.6. The van der Waals surface area contributed by atoms with Gasteiger partial charge in [0.1, 0.15) is 0 Å². The first-order valence-corrected chi connectivity index (χ1v) is 9.18. The van der Waals surface area contributed by atoms with Crippen molar-refractivity contribution in [3.05, 3.63) is 59.0 Å². The first-order valence-electron chi connectivity index (χ1n) is 8.80. The molecule has 2 N–H and O–H groups in total. The lowest BCUT2D eigenvalue weighted by atomic mass is 9.99. The number of aromatic amines is 1. The zero-order chi connectivity index (χ0) is 18.1. The van der Waals surface area contributed by atoms with Crippen molar-refractivity contribution in [1.82, 2.24) is 20.0 Å². The maximum absolute atomic E-state index is 12.7. The van der Waals surface area contributed by atoms with E-state index in [0.29, 0.717) is 23.2 Å². The van der Waals surface area contributed by atoms with Crippen LogP contribution in [0.5, 0.6) is 0 Å². The number of nitrogens with zero attached hydrogens (tertiary/aromatic N) is 3. The predicted octanol–water partition coefficient (Wildman–Crippen LogP) is 4.26. The van der Waals surface area contributed by atoms with Crippen LogP contribution in [-0.4, -0.2) is 25.9 Å². The Labute approximate surface area is 156 Å². The van der Waals surface area contributed by atoms with Crippen LogP contribution in [0.4, 0.5) is 5.82 Å². The quantitative estimate of drug-likeness (QED) is 0.681. The van der Waals surface area contributed by atoms with E-state index in [1.807, 2.05) is 43.5 Å². The Morgan fingerprint density at radius 3 is 3.00 bits per heavy atom. The summed E-state index contributed by atoms with van der Waals surface area (Å²) in [4.78, 5) is 12.7. The van der Waals surface area contributed by atoms with Crippen LogP contribution in [0.15, 0.2) is 42.7 Å². The normalized spacial score (nSPS) is 15.0. The number of carbonyl (C=O) groups is 1. The topological polar surface area (TPSA) is 75.6 Å². The number of carbonyl (C=O) groups excluding carboxylic acids is 1. The van der Waals surface area contributed by atoms with Gasteiger partial charge in [-0.2, -0.15) is 10.2 Å². The highest BCUT2D eigenvalue weighted by Gasteiger charge is 2.26. The molecule has 0 radical (unpaired) electrons. The molecule has 4 rings (SSSR count). The van der Waals surface area contributed by atoms with Gasteiger partial charge in [-0.15, -0.1) is 0 Å². The van der Waals surface area contributed by atoms with E-state index >= 15 is 0 Å². The average Bonchev–Trinajstić information content (AvgIpc) is 3.18. The lowest BCUT2D eigenvalue weighted by molar-refractivity contribution is -0.117. The SMILES string of the molecule is CCC(C(=O)Nc1cc(C2CC2)[nH]n1)c1cnn(-c2cccc(Cl)c2)c1. The smallest absolute Gasteiger partial charge is 0.233 e. The van der Waals surface area contributed by atoms with Crippen molar-refractivity contribution < 1.29 is 4.79 Å². The van der Waals surface area contributed by atoms with E-state index in [2.05, 4.69) is 20.6 Å². The van der Waals surface area contributed by atoms with Crippen molar-refractivity contribution in [2.24, 2.45) is 0 Å². The minimum absolute atomic E-state index is 0.0769. The summed E-state index contributed by atoms with van der Waals surface area (Å²) >= 11 is 6.05. The molecule has 1 unspecified atom stereocenters. The Kier molecular flexibility index (Phi) is 4.51. The van der Waals surface area contributed by atoms with Crippen molar-refractivity contribution in [1.29, 1.82) is 0 Å². The van der Waals surface area contributed by atoms with E-state index in [9.17, 15) is 4.79 Å². The largest absolute Gasteiger partial charge is 0.309 e. The standard InChI is InChI=1S/C19H20ClN5O/c1-2-16(19(26)22-18-9-17(23-24-18)12-6-7-12)13-10-21-25(11-13)15-5-3-4-14(20)8-15/h3-5,8-12,16H,2,6-7H2,1H3,(H2,22,23,24,26). The molecule has 7 heteroatoms. The summed E-state index contributed by atoms with van der Waals surface area (Å²) in [6.07, 6.45) is 6.66. The fraction of sp³-hybridized carbons (Fsp3) is 0.316. The van der Waals surface area contributed by atoms with Crippen LogP contribution in [0.3, 0.4) is 0 Å². The molecule has 134 valence electrons. The van der Waals surface area contributed by atoms with Gasteiger partial charge in [-0.05, 0) is 37.5 Å². The minimum atomic E-state index is -0.288. The molecule has 6 nitrogen and oxygen atoms in total. The Hall–Kier alpha value is -2.60. The van der Waals surface area contributed by atoms with Gasteiger partial charge >= 0.3 is 0 Å². The average molecular weight is 370 g/mol. The van der Waals surface area contributed by atoms with E-state index in [0.717, 1.165) is 16.9 Å². The molecule has 0 saturated heterocycles. The van der Waals surface area contributed by atoms with Crippen LogP contribution < -0.4 is 5.32 Å². The summed E-state index contributed by atoms with van der Waals surface area (Å²) in [5, 5.41) is 15.1. The maximum atomic E-state index is 12.7. The van der Waals surface area contributed by atoms with Crippen molar-refractivity contribution in [2.45, 2.75) is 38.0 Å². The van der Waals surface area contributed by atoms with Crippen molar-refractivity contribution >= 4 is 23.3 Å². The summed E-state index contributed by atoms with van der Waals surface area (Å²) in [5.74, 6) is 0.791. The molecule has 0 aliphatic heterocycles. The third kappa shape index (κ3) is 3.51. The number of amides is 1. The Morgan fingerprint density at radius 1 is 1.42 bits per heavy atom. The maximum Gasteiger partial charge on any atom is 0.233 e. The van der Waals surface area contributed by atoms with Crippen LogP contribution in [0.25, 0.3) is 5.69 Å². The van der Waals surface area contributed by atoms with Crippen LogP contribution >= 0.6 is 11.6 Å². The van der Waals surface area contributed by atoms with E-state index in [-0.39, 0.29) is 11.8 Å². The fourth-order valence-electron chi connectivity index (χ4n) is 3.07. The number of halogens is 1. The number of nitrogens with one attached hydrogen (secondary N) is 2. The third-order valence-electron chi connectivity index (χ3n) is 4.67. The van der Waals surface area contributed by atoms with Gasteiger partial charge in [0.2, 0.25) is 5.91 Å². The van der Waals surface area contributed by atoms with Gasteiger partial charge in [0, 0.05) is 34.5 Å². The molecule has 26 heavy (non-hydrogen) atoms. The number of benzene rings is 1. The molecule has 1 aromatic carbocycles. The Balaban J connectivity index is 1.50. The van der Waals surface area contributed by atoms with Crippen LogP contribution in [0.1, 0.15) is 49.3 Å². The van der Waals surface area contributed by atoms with Gasteiger partial charge in [-0.1, -0.05) is 24.6 Å².